The van der Waals surface area contributed by atoms with E-state index in [4.69, 9.17) is 27.6 Å². The number of carbonyl (C=O) groups excluding carboxylic acids is 3. The Morgan fingerprint density at radius 1 is 1.18 bits per heavy atom. The molecule has 0 fully saturated rings. The zero-order valence-electron chi connectivity index (χ0n) is 17.9. The molecule has 0 saturated heterocycles. The summed E-state index contributed by atoms with van der Waals surface area (Å²) < 4.78 is 5.17. The van der Waals surface area contributed by atoms with Gasteiger partial charge in [0.1, 0.15) is 12.3 Å². The summed E-state index contributed by atoms with van der Waals surface area (Å²) >= 11 is 13.3. The van der Waals surface area contributed by atoms with Crippen LogP contribution in [0, 0.1) is 0 Å². The summed E-state index contributed by atoms with van der Waals surface area (Å²) in [6.07, 6.45) is 1.60. The first-order valence-electron chi connectivity index (χ1n) is 10.0. The largest absolute Gasteiger partial charge is 0.467 e. The van der Waals surface area contributed by atoms with Crippen LogP contribution in [-0.4, -0.2) is 40.2 Å². The van der Waals surface area contributed by atoms with Gasteiger partial charge in [-0.1, -0.05) is 23.2 Å². The number of hydrogen-bond donors (Lipinski definition) is 2. The molecule has 33 heavy (non-hydrogen) atoms. The van der Waals surface area contributed by atoms with E-state index in [1.54, 1.807) is 37.4 Å². The lowest BCUT2D eigenvalue weighted by Gasteiger charge is -2.26. The lowest BCUT2D eigenvalue weighted by atomic mass is 10.1. The van der Waals surface area contributed by atoms with Gasteiger partial charge in [-0.3, -0.25) is 14.4 Å². The maximum absolute atomic E-state index is 12.9. The molecule has 0 radical (unpaired) electrons. The van der Waals surface area contributed by atoms with E-state index < -0.39 is 5.91 Å². The Bertz CT molecular complexity index is 1130. The molecule has 0 aliphatic rings. The monoisotopic (exact) mass is 508 g/mol. The van der Waals surface area contributed by atoms with Crippen molar-refractivity contribution in [3.05, 3.63) is 69.0 Å². The molecule has 1 aromatic carbocycles. The van der Waals surface area contributed by atoms with E-state index in [0.717, 1.165) is 0 Å². The van der Waals surface area contributed by atoms with Gasteiger partial charge in [0.25, 0.3) is 5.91 Å². The molecule has 3 rings (SSSR count). The highest BCUT2D eigenvalue weighted by Gasteiger charge is 2.24. The van der Waals surface area contributed by atoms with Gasteiger partial charge in [0.15, 0.2) is 5.13 Å². The maximum atomic E-state index is 12.9. The molecule has 0 saturated carbocycles. The first-order chi connectivity index (χ1) is 15.7. The molecule has 174 valence electrons. The number of halogens is 2. The fraction of sp³-hybridized carbons (Fsp3) is 0.273. The molecular formula is C22H22Cl2N4O4S. The molecule has 0 atom stereocenters. The lowest BCUT2D eigenvalue weighted by molar-refractivity contribution is -0.120. The Morgan fingerprint density at radius 3 is 2.64 bits per heavy atom. The molecule has 3 aromatic rings. The van der Waals surface area contributed by atoms with Crippen LogP contribution in [0.15, 0.2) is 46.4 Å². The molecule has 0 spiro atoms. The fourth-order valence-electron chi connectivity index (χ4n) is 2.89. The van der Waals surface area contributed by atoms with Gasteiger partial charge in [-0.2, -0.15) is 0 Å². The van der Waals surface area contributed by atoms with Gasteiger partial charge in [-0.05, 0) is 44.2 Å². The summed E-state index contributed by atoms with van der Waals surface area (Å²) in [5, 5.41) is 8.09. The molecule has 0 bridgehead atoms. The van der Waals surface area contributed by atoms with Gasteiger partial charge in [0.2, 0.25) is 11.8 Å². The zero-order valence-corrected chi connectivity index (χ0v) is 20.3. The normalized spacial score (nSPS) is 10.8. The minimum atomic E-state index is -0.412. The van der Waals surface area contributed by atoms with E-state index in [1.165, 1.54) is 34.6 Å². The summed E-state index contributed by atoms with van der Waals surface area (Å²) in [7, 11) is 0. The van der Waals surface area contributed by atoms with Crippen molar-refractivity contribution in [2.75, 3.05) is 11.9 Å². The van der Waals surface area contributed by atoms with E-state index in [1.807, 2.05) is 0 Å². The molecular weight excluding hydrogens is 487 g/mol. The number of carbonyl (C=O) groups is 3. The fourth-order valence-corrected chi connectivity index (χ4v) is 4.11. The molecule has 3 amide bonds. The number of anilines is 1. The number of nitrogens with one attached hydrogen (secondary N) is 2. The SMILES string of the molecule is CC(C)N(CC(=O)Nc1nc(CC(=O)NCc2ccco2)cs1)C(=O)c1ccc(Cl)cc1Cl. The van der Waals surface area contributed by atoms with Crippen LogP contribution in [0.1, 0.15) is 35.7 Å². The third-order valence-electron chi connectivity index (χ3n) is 4.54. The van der Waals surface area contributed by atoms with Gasteiger partial charge in [-0.15, -0.1) is 11.3 Å². The average Bonchev–Trinajstić information content (AvgIpc) is 3.42. The number of nitrogens with zero attached hydrogens (tertiary/aromatic N) is 2. The molecule has 2 N–H and O–H groups in total. The topological polar surface area (TPSA) is 105 Å². The number of furan rings is 1. The summed E-state index contributed by atoms with van der Waals surface area (Å²) in [5.41, 5.74) is 0.789. The first-order valence-corrected chi connectivity index (χ1v) is 11.7. The molecule has 0 aliphatic heterocycles. The van der Waals surface area contributed by atoms with Crippen molar-refractivity contribution in [2.24, 2.45) is 0 Å². The van der Waals surface area contributed by atoms with Crippen LogP contribution >= 0.6 is 34.5 Å². The summed E-state index contributed by atoms with van der Waals surface area (Å²) in [6.45, 7) is 3.71. The Kier molecular flexibility index (Phi) is 8.49. The van der Waals surface area contributed by atoms with Crippen LogP contribution < -0.4 is 10.6 Å². The van der Waals surface area contributed by atoms with Crippen LogP contribution in [0.5, 0.6) is 0 Å². The molecule has 2 heterocycles. The van der Waals surface area contributed by atoms with Gasteiger partial charge >= 0.3 is 0 Å². The summed E-state index contributed by atoms with van der Waals surface area (Å²) in [5.74, 6) is -0.357. The first kappa shape index (κ1) is 24.8. The Labute approximate surface area is 204 Å². The van der Waals surface area contributed by atoms with Crippen molar-refractivity contribution in [3.63, 3.8) is 0 Å². The standard InChI is InChI=1S/C22H22Cl2N4O4S/c1-13(2)28(21(31)17-6-5-14(23)8-18(17)24)11-20(30)27-22-26-15(12-33-22)9-19(29)25-10-16-4-3-7-32-16/h3-8,12-13H,9-11H2,1-2H3,(H,25,29)(H,26,27,30). The van der Waals surface area contributed by atoms with Gasteiger partial charge in [0, 0.05) is 16.4 Å². The van der Waals surface area contributed by atoms with E-state index in [0.29, 0.717) is 21.6 Å². The van der Waals surface area contributed by atoms with Crippen molar-refractivity contribution in [1.29, 1.82) is 0 Å². The number of rotatable bonds is 9. The highest BCUT2D eigenvalue weighted by molar-refractivity contribution is 7.13. The lowest BCUT2D eigenvalue weighted by Crippen LogP contribution is -2.42. The van der Waals surface area contributed by atoms with E-state index in [9.17, 15) is 14.4 Å². The third kappa shape index (κ3) is 7.05. The van der Waals surface area contributed by atoms with E-state index >= 15 is 0 Å². The minimum absolute atomic E-state index is 0.0682. The van der Waals surface area contributed by atoms with Crippen LogP contribution in [-0.2, 0) is 22.6 Å². The Morgan fingerprint density at radius 2 is 1.97 bits per heavy atom. The number of amides is 3. The van der Waals surface area contributed by atoms with Gasteiger partial charge in [0.05, 0.1) is 35.5 Å². The third-order valence-corrected chi connectivity index (χ3v) is 5.89. The predicted molar refractivity (Wildman–Crippen MR) is 128 cm³/mol. The second-order valence-electron chi connectivity index (χ2n) is 7.38. The van der Waals surface area contributed by atoms with Crippen molar-refractivity contribution in [2.45, 2.75) is 32.9 Å². The number of hydrogen-bond acceptors (Lipinski definition) is 6. The van der Waals surface area contributed by atoms with Crippen molar-refractivity contribution in [1.82, 2.24) is 15.2 Å². The number of thiazole rings is 1. The maximum Gasteiger partial charge on any atom is 0.256 e. The predicted octanol–water partition coefficient (Wildman–Crippen LogP) is 4.39. The van der Waals surface area contributed by atoms with Gasteiger partial charge in [-0.25, -0.2) is 4.98 Å². The summed E-state index contributed by atoms with van der Waals surface area (Å²) in [4.78, 5) is 43.3. The van der Waals surface area contributed by atoms with Crippen LogP contribution in [0.25, 0.3) is 0 Å². The zero-order chi connectivity index (χ0) is 24.0. The van der Waals surface area contributed by atoms with E-state index in [2.05, 4.69) is 15.6 Å². The highest BCUT2D eigenvalue weighted by atomic mass is 35.5. The van der Waals surface area contributed by atoms with Gasteiger partial charge < -0.3 is 20.0 Å². The van der Waals surface area contributed by atoms with Crippen molar-refractivity contribution >= 4 is 57.4 Å². The second kappa shape index (κ2) is 11.3. The second-order valence-corrected chi connectivity index (χ2v) is 9.08. The minimum Gasteiger partial charge on any atom is -0.467 e. The van der Waals surface area contributed by atoms with Crippen LogP contribution in [0.3, 0.4) is 0 Å². The Hall–Kier alpha value is -2.88. The molecule has 0 unspecified atom stereocenters. The molecule has 8 nitrogen and oxygen atoms in total. The highest BCUT2D eigenvalue weighted by Crippen LogP contribution is 2.23. The smallest absolute Gasteiger partial charge is 0.256 e. The van der Waals surface area contributed by atoms with Crippen molar-refractivity contribution < 1.29 is 18.8 Å². The molecule has 11 heteroatoms. The molecule has 0 aliphatic carbocycles. The Balaban J connectivity index is 1.56. The van der Waals surface area contributed by atoms with Crippen molar-refractivity contribution in [3.8, 4) is 0 Å². The van der Waals surface area contributed by atoms with Crippen LogP contribution in [0.4, 0.5) is 5.13 Å². The van der Waals surface area contributed by atoms with Crippen LogP contribution in [0.2, 0.25) is 10.0 Å². The summed E-state index contributed by atoms with van der Waals surface area (Å²) in [6, 6.07) is 7.85. The van der Waals surface area contributed by atoms with E-state index in [-0.39, 0.29) is 48.0 Å². The quantitative estimate of drug-likeness (QED) is 0.445. The average molecular weight is 509 g/mol. The number of aromatic nitrogens is 1. The molecule has 2 aromatic heterocycles. The number of benzene rings is 1.